The minimum atomic E-state index is -0.987. The van der Waals surface area contributed by atoms with E-state index in [1.165, 1.54) is 0 Å². The van der Waals surface area contributed by atoms with Crippen LogP contribution in [0.4, 0.5) is 4.79 Å². The minimum absolute atomic E-state index is 0.0878. The van der Waals surface area contributed by atoms with Crippen molar-refractivity contribution >= 4 is 23.8 Å². The van der Waals surface area contributed by atoms with Crippen LogP contribution in [-0.2, 0) is 19.1 Å². The summed E-state index contributed by atoms with van der Waals surface area (Å²) in [4.78, 5) is 55.7. The van der Waals surface area contributed by atoms with Crippen LogP contribution in [0.25, 0.3) is 0 Å². The maximum absolute atomic E-state index is 14.0. The molecule has 3 aliphatic heterocycles. The fourth-order valence-electron chi connectivity index (χ4n) is 5.79. The molecule has 1 saturated carbocycles. The molecule has 0 bridgehead atoms. The maximum Gasteiger partial charge on any atom is 0.411 e. The lowest BCUT2D eigenvalue weighted by molar-refractivity contribution is -0.146. The molecule has 3 heterocycles. The first kappa shape index (κ1) is 26.2. The van der Waals surface area contributed by atoms with Crippen LogP contribution < -0.4 is 10.6 Å². The predicted octanol–water partition coefficient (Wildman–Crippen LogP) is 2.08. The first-order valence-electron chi connectivity index (χ1n) is 13.3. The van der Waals surface area contributed by atoms with Gasteiger partial charge in [0.2, 0.25) is 17.7 Å². The van der Waals surface area contributed by atoms with Crippen molar-refractivity contribution in [2.45, 2.75) is 102 Å². The van der Waals surface area contributed by atoms with Crippen LogP contribution in [0.15, 0.2) is 0 Å². The van der Waals surface area contributed by atoms with Crippen LogP contribution in [0.1, 0.15) is 78.6 Å². The molecule has 3 saturated heterocycles. The number of hydrogen-bond donors (Lipinski definition) is 2. The van der Waals surface area contributed by atoms with Crippen molar-refractivity contribution in [2.24, 2.45) is 11.8 Å². The zero-order chi connectivity index (χ0) is 26.1. The number of likely N-dealkylation sites (tertiary alicyclic amines) is 2. The van der Waals surface area contributed by atoms with Crippen molar-refractivity contribution in [2.75, 3.05) is 19.6 Å². The van der Waals surface area contributed by atoms with Gasteiger partial charge in [-0.1, -0.05) is 12.8 Å². The molecular weight excluding hydrogens is 462 g/mol. The van der Waals surface area contributed by atoms with Gasteiger partial charge in [0.25, 0.3) is 0 Å². The third-order valence-corrected chi connectivity index (χ3v) is 7.87. The SMILES string of the molecule is CC(C)(C)OC(=O)N1CCCC[C@]12CCN([C@@H](CC1CC1)C(=O)N[C@H](C#N)C[C@@H]1CCNC1=O)C2=O. The average molecular weight is 502 g/mol. The van der Waals surface area contributed by atoms with E-state index in [0.717, 1.165) is 25.7 Å². The molecule has 4 atom stereocenters. The molecule has 0 unspecified atom stereocenters. The summed E-state index contributed by atoms with van der Waals surface area (Å²) >= 11 is 0. The molecule has 0 radical (unpaired) electrons. The molecule has 4 fully saturated rings. The van der Waals surface area contributed by atoms with Crippen LogP contribution in [-0.4, -0.2) is 76.5 Å². The monoisotopic (exact) mass is 501 g/mol. The largest absolute Gasteiger partial charge is 0.444 e. The number of nitrogens with zero attached hydrogens (tertiary/aromatic N) is 3. The lowest BCUT2D eigenvalue weighted by atomic mass is 9.85. The third-order valence-electron chi connectivity index (χ3n) is 7.87. The molecule has 2 N–H and O–H groups in total. The van der Waals surface area contributed by atoms with Crippen LogP contribution in [0.5, 0.6) is 0 Å². The van der Waals surface area contributed by atoms with E-state index in [0.29, 0.717) is 51.2 Å². The average Bonchev–Trinajstić information content (AvgIpc) is 3.48. The molecule has 0 aromatic carbocycles. The lowest BCUT2D eigenvalue weighted by Crippen LogP contribution is -2.61. The van der Waals surface area contributed by atoms with Gasteiger partial charge in [-0.2, -0.15) is 5.26 Å². The van der Waals surface area contributed by atoms with Gasteiger partial charge in [0.05, 0.1) is 6.07 Å². The molecule has 4 amide bonds. The molecule has 10 heteroatoms. The Morgan fingerprint density at radius 2 is 1.92 bits per heavy atom. The van der Waals surface area contributed by atoms with E-state index in [9.17, 15) is 24.4 Å². The highest BCUT2D eigenvalue weighted by Crippen LogP contribution is 2.42. The van der Waals surface area contributed by atoms with Crippen molar-refractivity contribution in [1.29, 1.82) is 5.26 Å². The highest BCUT2D eigenvalue weighted by molar-refractivity contribution is 5.96. The van der Waals surface area contributed by atoms with Gasteiger partial charge in [-0.3, -0.25) is 19.3 Å². The van der Waals surface area contributed by atoms with Crippen molar-refractivity contribution < 1.29 is 23.9 Å². The number of ether oxygens (including phenoxy) is 1. The number of amides is 4. The number of piperidine rings is 1. The summed E-state index contributed by atoms with van der Waals surface area (Å²) in [6.07, 6.45) is 5.65. The summed E-state index contributed by atoms with van der Waals surface area (Å²) in [7, 11) is 0. The molecule has 4 aliphatic rings. The first-order chi connectivity index (χ1) is 17.0. The quantitative estimate of drug-likeness (QED) is 0.549. The Kier molecular flexibility index (Phi) is 7.48. The summed E-state index contributed by atoms with van der Waals surface area (Å²) in [6.45, 7) is 6.83. The predicted molar refractivity (Wildman–Crippen MR) is 130 cm³/mol. The van der Waals surface area contributed by atoms with E-state index < -0.39 is 29.3 Å². The zero-order valence-electron chi connectivity index (χ0n) is 21.7. The van der Waals surface area contributed by atoms with E-state index in [-0.39, 0.29) is 30.1 Å². The second-order valence-corrected chi connectivity index (χ2v) is 11.8. The fraction of sp³-hybridized carbons (Fsp3) is 0.808. The van der Waals surface area contributed by atoms with E-state index >= 15 is 0 Å². The number of nitrogens with one attached hydrogen (secondary N) is 2. The molecule has 1 aliphatic carbocycles. The van der Waals surface area contributed by atoms with Gasteiger partial charge in [-0.05, 0) is 71.6 Å². The summed E-state index contributed by atoms with van der Waals surface area (Å²) in [5.74, 6) is -0.553. The Bertz CT molecular complexity index is 936. The Labute approximate surface area is 213 Å². The van der Waals surface area contributed by atoms with E-state index in [1.807, 2.05) is 0 Å². The molecule has 10 nitrogen and oxygen atoms in total. The van der Waals surface area contributed by atoms with Crippen LogP contribution in [0.3, 0.4) is 0 Å². The number of nitriles is 1. The van der Waals surface area contributed by atoms with Crippen LogP contribution in [0, 0.1) is 23.2 Å². The van der Waals surface area contributed by atoms with E-state index in [2.05, 4.69) is 16.7 Å². The Morgan fingerprint density at radius 1 is 1.17 bits per heavy atom. The summed E-state index contributed by atoms with van der Waals surface area (Å²) in [6, 6.07) is 0.629. The zero-order valence-corrected chi connectivity index (χ0v) is 21.7. The van der Waals surface area contributed by atoms with Crippen molar-refractivity contribution in [1.82, 2.24) is 20.4 Å². The second-order valence-electron chi connectivity index (χ2n) is 11.8. The normalized spacial score (nSPS) is 28.0. The van der Waals surface area contributed by atoms with Crippen molar-refractivity contribution in [3.63, 3.8) is 0 Å². The molecule has 36 heavy (non-hydrogen) atoms. The number of carbonyl (C=O) groups is 4. The summed E-state index contributed by atoms with van der Waals surface area (Å²) in [5.41, 5.74) is -1.66. The lowest BCUT2D eigenvalue weighted by Gasteiger charge is -2.43. The van der Waals surface area contributed by atoms with Gasteiger partial charge in [0.1, 0.15) is 23.2 Å². The van der Waals surface area contributed by atoms with E-state index in [1.54, 1.807) is 30.6 Å². The molecule has 4 rings (SSSR count). The number of hydrogen-bond acceptors (Lipinski definition) is 6. The van der Waals surface area contributed by atoms with Gasteiger partial charge in [0, 0.05) is 25.6 Å². The molecule has 0 aromatic heterocycles. The van der Waals surface area contributed by atoms with Gasteiger partial charge < -0.3 is 20.3 Å². The highest BCUT2D eigenvalue weighted by atomic mass is 16.6. The van der Waals surface area contributed by atoms with Gasteiger partial charge in [-0.15, -0.1) is 0 Å². The molecule has 198 valence electrons. The number of carbonyl (C=O) groups excluding carboxylic acids is 4. The highest BCUT2D eigenvalue weighted by Gasteiger charge is 2.56. The smallest absolute Gasteiger partial charge is 0.411 e. The van der Waals surface area contributed by atoms with Gasteiger partial charge in [0.15, 0.2) is 0 Å². The molecule has 0 aromatic rings. The first-order valence-corrected chi connectivity index (χ1v) is 13.3. The topological polar surface area (TPSA) is 132 Å². The second kappa shape index (κ2) is 10.3. The summed E-state index contributed by atoms with van der Waals surface area (Å²) < 4.78 is 5.64. The Hall–Kier alpha value is -2.83. The minimum Gasteiger partial charge on any atom is -0.444 e. The maximum atomic E-state index is 14.0. The molecular formula is C26H39N5O5. The number of rotatable bonds is 7. The van der Waals surface area contributed by atoms with Gasteiger partial charge in [-0.25, -0.2) is 4.79 Å². The standard InChI is InChI=1S/C26H39N5O5/c1-25(2,3)36-24(35)31-12-5-4-9-26(31)10-13-30(23(26)34)20(14-17-6-7-17)22(33)29-19(16-27)15-18-8-11-28-21(18)32/h17-20H,4-15H2,1-3H3,(H,28,32)(H,29,33)/t18-,19-,20-,26+/m0/s1. The van der Waals surface area contributed by atoms with E-state index in [4.69, 9.17) is 4.74 Å². The molecule has 1 spiro atoms. The van der Waals surface area contributed by atoms with Crippen LogP contribution >= 0.6 is 0 Å². The summed E-state index contributed by atoms with van der Waals surface area (Å²) in [5, 5.41) is 15.3. The third kappa shape index (κ3) is 5.60. The Balaban J connectivity index is 1.50. The van der Waals surface area contributed by atoms with Gasteiger partial charge >= 0.3 is 6.09 Å². The van der Waals surface area contributed by atoms with Crippen molar-refractivity contribution in [3.8, 4) is 6.07 Å². The van der Waals surface area contributed by atoms with Crippen LogP contribution in [0.2, 0.25) is 0 Å². The Morgan fingerprint density at radius 3 is 2.53 bits per heavy atom. The van der Waals surface area contributed by atoms with Crippen molar-refractivity contribution in [3.05, 3.63) is 0 Å². The fourth-order valence-corrected chi connectivity index (χ4v) is 5.79.